The van der Waals surface area contributed by atoms with E-state index >= 15 is 0 Å². The summed E-state index contributed by atoms with van der Waals surface area (Å²) in [6.45, 7) is 5.74. The Kier molecular flexibility index (Phi) is 5.76. The van der Waals surface area contributed by atoms with E-state index in [2.05, 4.69) is 10.6 Å². The fraction of sp³-hybridized carbons (Fsp3) is 0.500. The molecule has 0 fully saturated rings. The first-order chi connectivity index (χ1) is 8.93. The second-order valence-corrected chi connectivity index (χ2v) is 4.92. The zero-order valence-electron chi connectivity index (χ0n) is 11.5. The highest BCUT2D eigenvalue weighted by Crippen LogP contribution is 2.16. The molecule has 5 heteroatoms. The van der Waals surface area contributed by atoms with Gasteiger partial charge in [-0.1, -0.05) is 19.9 Å². The van der Waals surface area contributed by atoms with Crippen LogP contribution in [0, 0.1) is 18.7 Å². The highest BCUT2D eigenvalue weighted by molar-refractivity contribution is 5.90. The summed E-state index contributed by atoms with van der Waals surface area (Å²) in [7, 11) is 0. The number of benzene rings is 1. The van der Waals surface area contributed by atoms with Crippen LogP contribution < -0.4 is 10.6 Å². The number of carbonyl (C=O) groups is 1. The third-order valence-corrected chi connectivity index (χ3v) is 3.01. The maximum Gasteiger partial charge on any atom is 0.319 e. The van der Waals surface area contributed by atoms with Crippen LogP contribution in [0.25, 0.3) is 0 Å². The molecule has 19 heavy (non-hydrogen) atoms. The van der Waals surface area contributed by atoms with E-state index in [-0.39, 0.29) is 24.6 Å². The molecular formula is C14H21FN2O2. The van der Waals surface area contributed by atoms with Crippen molar-refractivity contribution in [1.82, 2.24) is 5.32 Å². The molecule has 0 aliphatic carbocycles. The summed E-state index contributed by atoms with van der Waals surface area (Å²) in [6, 6.07) is 3.74. The minimum absolute atomic E-state index is 0.0160. The Balaban J connectivity index is 2.66. The second kappa shape index (κ2) is 7.09. The predicted octanol–water partition coefficient (Wildman–Crippen LogP) is 2.66. The van der Waals surface area contributed by atoms with Crippen molar-refractivity contribution in [2.75, 3.05) is 11.9 Å². The highest BCUT2D eigenvalue weighted by atomic mass is 19.1. The molecule has 0 aliphatic heterocycles. The summed E-state index contributed by atoms with van der Waals surface area (Å²) in [5.41, 5.74) is 1.24. The molecule has 1 rings (SSSR count). The predicted molar refractivity (Wildman–Crippen MR) is 73.6 cm³/mol. The van der Waals surface area contributed by atoms with Crippen molar-refractivity contribution in [1.29, 1.82) is 0 Å². The summed E-state index contributed by atoms with van der Waals surface area (Å²) in [5.74, 6) is -0.178. The van der Waals surface area contributed by atoms with Crippen LogP contribution in [0.5, 0.6) is 0 Å². The molecule has 2 amide bonds. The van der Waals surface area contributed by atoms with Crippen LogP contribution in [0.3, 0.4) is 0 Å². The average Bonchev–Trinajstić information content (AvgIpc) is 2.33. The molecule has 3 N–H and O–H groups in total. The number of nitrogens with one attached hydrogen (secondary N) is 2. The standard InChI is InChI=1S/C14H21FN2O2/c1-9(2)12(6-7-18)16-14(19)17-13-8-11(15)5-4-10(13)3/h4-5,8-9,12,18H,6-7H2,1-3H3,(H2,16,17,19). The number of aliphatic hydroxyl groups excluding tert-OH is 1. The van der Waals surface area contributed by atoms with Gasteiger partial charge in [0.15, 0.2) is 0 Å². The molecule has 1 aromatic rings. The van der Waals surface area contributed by atoms with E-state index < -0.39 is 5.82 Å². The zero-order valence-corrected chi connectivity index (χ0v) is 11.5. The molecule has 1 atom stereocenters. The Bertz CT molecular complexity index is 435. The molecule has 0 radical (unpaired) electrons. The number of carbonyl (C=O) groups excluding carboxylic acids is 1. The van der Waals surface area contributed by atoms with Crippen molar-refractivity contribution < 1.29 is 14.3 Å². The van der Waals surface area contributed by atoms with E-state index in [9.17, 15) is 9.18 Å². The van der Waals surface area contributed by atoms with Gasteiger partial charge in [-0.25, -0.2) is 9.18 Å². The maximum absolute atomic E-state index is 13.1. The SMILES string of the molecule is Cc1ccc(F)cc1NC(=O)NC(CCO)C(C)C. The average molecular weight is 268 g/mol. The fourth-order valence-electron chi connectivity index (χ4n) is 1.77. The van der Waals surface area contributed by atoms with Gasteiger partial charge in [0.05, 0.1) is 0 Å². The summed E-state index contributed by atoms with van der Waals surface area (Å²) in [5, 5.41) is 14.4. The number of aryl methyl sites for hydroxylation is 1. The molecule has 0 bridgehead atoms. The van der Waals surface area contributed by atoms with Gasteiger partial charge in [0.25, 0.3) is 0 Å². The molecule has 0 saturated carbocycles. The Morgan fingerprint density at radius 3 is 2.68 bits per heavy atom. The van der Waals surface area contributed by atoms with Gasteiger partial charge >= 0.3 is 6.03 Å². The summed E-state index contributed by atoms with van der Waals surface area (Å²) in [4.78, 5) is 11.8. The van der Waals surface area contributed by atoms with Crippen LogP contribution >= 0.6 is 0 Å². The molecule has 106 valence electrons. The lowest BCUT2D eigenvalue weighted by Crippen LogP contribution is -2.41. The van der Waals surface area contributed by atoms with Gasteiger partial charge in [-0.3, -0.25) is 0 Å². The minimum Gasteiger partial charge on any atom is -0.396 e. The summed E-state index contributed by atoms with van der Waals surface area (Å²) >= 11 is 0. The fourth-order valence-corrected chi connectivity index (χ4v) is 1.77. The van der Waals surface area contributed by atoms with Crippen molar-refractivity contribution >= 4 is 11.7 Å². The Morgan fingerprint density at radius 1 is 1.42 bits per heavy atom. The van der Waals surface area contributed by atoms with Crippen LogP contribution in [0.4, 0.5) is 14.9 Å². The lowest BCUT2D eigenvalue weighted by molar-refractivity contribution is 0.227. The monoisotopic (exact) mass is 268 g/mol. The molecule has 0 spiro atoms. The van der Waals surface area contributed by atoms with Crippen LogP contribution in [-0.4, -0.2) is 23.8 Å². The third-order valence-electron chi connectivity index (χ3n) is 3.01. The quantitative estimate of drug-likeness (QED) is 0.769. The van der Waals surface area contributed by atoms with E-state index in [0.717, 1.165) is 5.56 Å². The Morgan fingerprint density at radius 2 is 2.11 bits per heavy atom. The van der Waals surface area contributed by atoms with E-state index in [1.807, 2.05) is 13.8 Å². The first-order valence-electron chi connectivity index (χ1n) is 6.38. The Labute approximate surface area is 113 Å². The van der Waals surface area contributed by atoms with Crippen LogP contribution in [-0.2, 0) is 0 Å². The third kappa shape index (κ3) is 4.87. The molecule has 0 aromatic heterocycles. The highest BCUT2D eigenvalue weighted by Gasteiger charge is 2.16. The molecule has 0 aliphatic rings. The molecule has 0 saturated heterocycles. The number of urea groups is 1. The first-order valence-corrected chi connectivity index (χ1v) is 6.38. The van der Waals surface area contributed by atoms with E-state index in [1.165, 1.54) is 12.1 Å². The molecule has 0 heterocycles. The Hall–Kier alpha value is -1.62. The van der Waals surface area contributed by atoms with E-state index in [0.29, 0.717) is 12.1 Å². The lowest BCUT2D eigenvalue weighted by Gasteiger charge is -2.22. The van der Waals surface area contributed by atoms with Crippen molar-refractivity contribution in [2.45, 2.75) is 33.2 Å². The largest absolute Gasteiger partial charge is 0.396 e. The van der Waals surface area contributed by atoms with Gasteiger partial charge in [0, 0.05) is 18.3 Å². The number of rotatable bonds is 5. The van der Waals surface area contributed by atoms with Gasteiger partial charge in [0.2, 0.25) is 0 Å². The molecule has 4 nitrogen and oxygen atoms in total. The zero-order chi connectivity index (χ0) is 14.4. The lowest BCUT2D eigenvalue weighted by atomic mass is 10.0. The number of hydrogen-bond donors (Lipinski definition) is 3. The van der Waals surface area contributed by atoms with Gasteiger partial charge in [0.1, 0.15) is 5.82 Å². The van der Waals surface area contributed by atoms with Gasteiger partial charge in [-0.05, 0) is 37.0 Å². The minimum atomic E-state index is -0.392. The normalized spacial score (nSPS) is 12.3. The summed E-state index contributed by atoms with van der Waals surface area (Å²) in [6.07, 6.45) is 0.493. The number of hydrogen-bond acceptors (Lipinski definition) is 2. The number of amides is 2. The van der Waals surface area contributed by atoms with Crippen molar-refractivity contribution in [2.24, 2.45) is 5.92 Å². The second-order valence-electron chi connectivity index (χ2n) is 4.92. The molecule has 1 unspecified atom stereocenters. The number of aliphatic hydroxyl groups is 1. The van der Waals surface area contributed by atoms with Gasteiger partial charge < -0.3 is 15.7 Å². The van der Waals surface area contributed by atoms with Crippen LogP contribution in [0.1, 0.15) is 25.8 Å². The maximum atomic E-state index is 13.1. The van der Waals surface area contributed by atoms with Crippen LogP contribution in [0.2, 0.25) is 0 Å². The van der Waals surface area contributed by atoms with E-state index in [1.54, 1.807) is 13.0 Å². The molecule has 1 aromatic carbocycles. The number of anilines is 1. The topological polar surface area (TPSA) is 61.4 Å². The molecular weight excluding hydrogens is 247 g/mol. The van der Waals surface area contributed by atoms with Crippen molar-refractivity contribution in [3.05, 3.63) is 29.6 Å². The number of halogens is 1. The van der Waals surface area contributed by atoms with Crippen LogP contribution in [0.15, 0.2) is 18.2 Å². The van der Waals surface area contributed by atoms with Gasteiger partial charge in [-0.2, -0.15) is 0 Å². The first kappa shape index (κ1) is 15.4. The van der Waals surface area contributed by atoms with E-state index in [4.69, 9.17) is 5.11 Å². The van der Waals surface area contributed by atoms with Crippen molar-refractivity contribution in [3.8, 4) is 0 Å². The van der Waals surface area contributed by atoms with Crippen molar-refractivity contribution in [3.63, 3.8) is 0 Å². The smallest absolute Gasteiger partial charge is 0.319 e. The summed E-state index contributed by atoms with van der Waals surface area (Å²) < 4.78 is 13.1. The van der Waals surface area contributed by atoms with Gasteiger partial charge in [-0.15, -0.1) is 0 Å².